The van der Waals surface area contributed by atoms with Gasteiger partial charge in [-0.25, -0.2) is 27.6 Å². The van der Waals surface area contributed by atoms with Crippen LogP contribution >= 0.6 is 0 Å². The lowest BCUT2D eigenvalue weighted by molar-refractivity contribution is -0.141. The fourth-order valence-electron chi connectivity index (χ4n) is 4.84. The van der Waals surface area contributed by atoms with Crippen molar-refractivity contribution in [3.63, 3.8) is 0 Å². The van der Waals surface area contributed by atoms with Gasteiger partial charge in [-0.05, 0) is 35.7 Å². The molecule has 1 saturated heterocycles. The number of sulfone groups is 1. The van der Waals surface area contributed by atoms with E-state index in [1.165, 1.54) is 30.3 Å². The number of halogens is 4. The van der Waals surface area contributed by atoms with Gasteiger partial charge in [0.15, 0.2) is 15.5 Å². The fourth-order valence-corrected chi connectivity index (χ4v) is 5.59. The summed E-state index contributed by atoms with van der Waals surface area (Å²) in [5, 5.41) is 9.43. The van der Waals surface area contributed by atoms with Crippen molar-refractivity contribution in [3.8, 4) is 0 Å². The van der Waals surface area contributed by atoms with Crippen molar-refractivity contribution in [3.05, 3.63) is 76.9 Å². The lowest BCUT2D eigenvalue weighted by Gasteiger charge is -2.44. The Morgan fingerprint density at radius 1 is 1.12 bits per heavy atom. The predicted octanol–water partition coefficient (Wildman–Crippen LogP) is 4.68. The second-order valence-electron chi connectivity index (χ2n) is 10.0. The van der Waals surface area contributed by atoms with Crippen molar-refractivity contribution in [1.82, 2.24) is 9.97 Å². The van der Waals surface area contributed by atoms with Crippen LogP contribution in [0.25, 0.3) is 0 Å². The van der Waals surface area contributed by atoms with Crippen LogP contribution < -0.4 is 9.80 Å². The Kier molecular flexibility index (Phi) is 8.06. The average molecular weight is 581 g/mol. The summed E-state index contributed by atoms with van der Waals surface area (Å²) in [7, 11) is -3.80. The molecule has 1 aliphatic heterocycles. The van der Waals surface area contributed by atoms with E-state index in [2.05, 4.69) is 9.97 Å². The molecular weight excluding hydrogens is 552 g/mol. The highest BCUT2D eigenvalue weighted by atomic mass is 32.2. The number of hydrogen-bond donors (Lipinski definition) is 1. The smallest absolute Gasteiger partial charge is 0.433 e. The SMILES string of the molecule is CC(C)C1CN(c2ccc(F)c(S(C)(=O)=O)c2)CCN1c1ncc(Cc2ccccc2C(=O)O)c(C(F)(F)F)n1. The zero-order valence-electron chi connectivity index (χ0n) is 22.0. The van der Waals surface area contributed by atoms with Crippen LogP contribution in [0.2, 0.25) is 0 Å². The molecule has 3 aromatic rings. The summed E-state index contributed by atoms with van der Waals surface area (Å²) in [6.45, 7) is 4.64. The van der Waals surface area contributed by atoms with E-state index in [4.69, 9.17) is 0 Å². The van der Waals surface area contributed by atoms with Gasteiger partial charge in [-0.15, -0.1) is 0 Å². The number of aromatic carboxylic acids is 1. The molecule has 0 amide bonds. The second kappa shape index (κ2) is 11.0. The number of carboxylic acid groups (broad SMARTS) is 1. The minimum absolute atomic E-state index is 0.0577. The monoisotopic (exact) mass is 580 g/mol. The predicted molar refractivity (Wildman–Crippen MR) is 141 cm³/mol. The lowest BCUT2D eigenvalue weighted by Crippen LogP contribution is -2.56. The van der Waals surface area contributed by atoms with Crippen molar-refractivity contribution in [2.45, 2.75) is 37.4 Å². The first-order chi connectivity index (χ1) is 18.7. The highest BCUT2D eigenvalue weighted by molar-refractivity contribution is 7.90. The second-order valence-corrected chi connectivity index (χ2v) is 12.0. The molecule has 1 atom stereocenters. The van der Waals surface area contributed by atoms with Gasteiger partial charge in [-0.2, -0.15) is 13.2 Å². The summed E-state index contributed by atoms with van der Waals surface area (Å²) in [5.74, 6) is -2.27. The molecule has 2 heterocycles. The normalized spacial score (nSPS) is 16.4. The topological polar surface area (TPSA) is 104 Å². The van der Waals surface area contributed by atoms with Crippen LogP contribution in [0.1, 0.15) is 41.0 Å². The Bertz CT molecular complexity index is 1530. The maximum Gasteiger partial charge on any atom is 0.433 e. The van der Waals surface area contributed by atoms with Crippen LogP contribution in [0.3, 0.4) is 0 Å². The summed E-state index contributed by atoms with van der Waals surface area (Å²) in [5.41, 5.74) is -0.798. The molecular formula is C27H28F4N4O4S. The summed E-state index contributed by atoms with van der Waals surface area (Å²) >= 11 is 0. The Balaban J connectivity index is 1.66. The maximum atomic E-state index is 14.2. The van der Waals surface area contributed by atoms with Crippen molar-refractivity contribution < 1.29 is 35.9 Å². The lowest BCUT2D eigenvalue weighted by atomic mass is 9.98. The third kappa shape index (κ3) is 6.19. The van der Waals surface area contributed by atoms with Crippen LogP contribution in [0, 0.1) is 11.7 Å². The van der Waals surface area contributed by atoms with Crippen LogP contribution in [0.4, 0.5) is 29.2 Å². The van der Waals surface area contributed by atoms with Gasteiger partial charge in [0.05, 0.1) is 11.6 Å². The van der Waals surface area contributed by atoms with E-state index in [9.17, 15) is 35.9 Å². The van der Waals surface area contributed by atoms with Gasteiger partial charge < -0.3 is 14.9 Å². The van der Waals surface area contributed by atoms with Crippen LogP contribution in [0.15, 0.2) is 53.6 Å². The molecule has 1 N–H and O–H groups in total. The van der Waals surface area contributed by atoms with E-state index in [0.717, 1.165) is 18.5 Å². The molecule has 1 aromatic heterocycles. The number of aromatic nitrogens is 2. The Morgan fingerprint density at radius 2 is 1.82 bits per heavy atom. The molecule has 40 heavy (non-hydrogen) atoms. The van der Waals surface area contributed by atoms with Crippen LogP contribution in [0.5, 0.6) is 0 Å². The van der Waals surface area contributed by atoms with Crippen molar-refractivity contribution in [2.75, 3.05) is 35.7 Å². The standard InChI is InChI=1S/C27H28F4N4O4S/c1-16(2)22-15-34(19-8-9-21(28)23(13-19)40(3,38)39)10-11-35(22)26-32-14-18(24(33-26)27(29,30)31)12-17-6-4-5-7-20(17)25(36)37/h4-9,13-14,16,22H,10-12,15H2,1-3H3,(H,36,37). The summed E-state index contributed by atoms with van der Waals surface area (Å²) < 4.78 is 80.6. The quantitative estimate of drug-likeness (QED) is 0.402. The summed E-state index contributed by atoms with van der Waals surface area (Å²) in [4.78, 5) is 22.9. The van der Waals surface area contributed by atoms with Gasteiger partial charge in [0.1, 0.15) is 10.7 Å². The number of alkyl halides is 3. The van der Waals surface area contributed by atoms with Gasteiger partial charge in [-0.1, -0.05) is 32.0 Å². The highest BCUT2D eigenvalue weighted by Gasteiger charge is 2.38. The molecule has 0 bridgehead atoms. The van der Waals surface area contributed by atoms with Crippen molar-refractivity contribution >= 4 is 27.4 Å². The van der Waals surface area contributed by atoms with Gasteiger partial charge in [0.25, 0.3) is 0 Å². The Hall–Kier alpha value is -3.74. The first kappa shape index (κ1) is 29.2. The number of piperazine rings is 1. The van der Waals surface area contributed by atoms with E-state index < -0.39 is 38.4 Å². The van der Waals surface area contributed by atoms with E-state index in [0.29, 0.717) is 18.8 Å². The number of carbonyl (C=O) groups is 1. The van der Waals surface area contributed by atoms with Gasteiger partial charge in [0.2, 0.25) is 5.95 Å². The molecule has 0 spiro atoms. The average Bonchev–Trinajstić information content (AvgIpc) is 2.88. The molecule has 214 valence electrons. The van der Waals surface area contributed by atoms with Crippen molar-refractivity contribution in [1.29, 1.82) is 0 Å². The number of carboxylic acids is 1. The highest BCUT2D eigenvalue weighted by Crippen LogP contribution is 2.34. The first-order valence-electron chi connectivity index (χ1n) is 12.4. The third-order valence-electron chi connectivity index (χ3n) is 6.87. The first-order valence-corrected chi connectivity index (χ1v) is 14.3. The zero-order valence-corrected chi connectivity index (χ0v) is 22.8. The maximum absolute atomic E-state index is 14.2. The minimum Gasteiger partial charge on any atom is -0.478 e. The van der Waals surface area contributed by atoms with Gasteiger partial charge in [-0.3, -0.25) is 0 Å². The number of nitrogens with zero attached hydrogens (tertiary/aromatic N) is 4. The fraction of sp³-hybridized carbons (Fsp3) is 0.370. The minimum atomic E-state index is -4.81. The zero-order chi connectivity index (χ0) is 29.4. The number of benzene rings is 2. The molecule has 1 fully saturated rings. The van der Waals surface area contributed by atoms with E-state index in [1.807, 2.05) is 18.7 Å². The van der Waals surface area contributed by atoms with Crippen LogP contribution in [-0.4, -0.2) is 61.4 Å². The summed E-state index contributed by atoms with van der Waals surface area (Å²) in [6, 6.07) is 9.30. The van der Waals surface area contributed by atoms with E-state index >= 15 is 0 Å². The number of rotatable bonds is 7. The molecule has 0 radical (unpaired) electrons. The van der Waals surface area contributed by atoms with E-state index in [1.54, 1.807) is 11.0 Å². The van der Waals surface area contributed by atoms with Crippen molar-refractivity contribution in [2.24, 2.45) is 5.92 Å². The Labute approximate surface area is 229 Å². The number of hydrogen-bond acceptors (Lipinski definition) is 7. The van der Waals surface area contributed by atoms with Crippen LogP contribution in [-0.2, 0) is 22.4 Å². The molecule has 1 unspecified atom stereocenters. The molecule has 0 saturated carbocycles. The largest absolute Gasteiger partial charge is 0.478 e. The molecule has 1 aliphatic rings. The summed E-state index contributed by atoms with van der Waals surface area (Å²) in [6.07, 6.45) is -3.11. The third-order valence-corrected chi connectivity index (χ3v) is 7.99. The van der Waals surface area contributed by atoms with Gasteiger partial charge in [0, 0.05) is 49.8 Å². The van der Waals surface area contributed by atoms with E-state index in [-0.39, 0.29) is 47.6 Å². The molecule has 13 heteroatoms. The Morgan fingerprint density at radius 3 is 2.45 bits per heavy atom. The molecule has 2 aromatic carbocycles. The molecule has 8 nitrogen and oxygen atoms in total. The number of anilines is 2. The molecule has 0 aliphatic carbocycles. The van der Waals surface area contributed by atoms with Gasteiger partial charge >= 0.3 is 12.1 Å². The molecule has 4 rings (SSSR count).